The molecule has 0 radical (unpaired) electrons. The van der Waals surface area contributed by atoms with Gasteiger partial charge in [0.15, 0.2) is 0 Å². The lowest BCUT2D eigenvalue weighted by Gasteiger charge is -2.04. The number of oxazole rings is 1. The van der Waals surface area contributed by atoms with Crippen LogP contribution in [0.5, 0.6) is 0 Å². The van der Waals surface area contributed by atoms with E-state index in [1.165, 1.54) is 12.1 Å². The zero-order chi connectivity index (χ0) is 13.1. The van der Waals surface area contributed by atoms with Gasteiger partial charge in [-0.25, -0.2) is 9.37 Å². The predicted molar refractivity (Wildman–Crippen MR) is 71.6 cm³/mol. The Bertz CT molecular complexity index is 540. The van der Waals surface area contributed by atoms with Gasteiger partial charge in [-0.1, -0.05) is 13.8 Å². The van der Waals surface area contributed by atoms with Crippen molar-refractivity contribution in [3.8, 4) is 11.5 Å². The molecule has 0 atom stereocenters. The molecule has 96 valence electrons. The molecule has 0 bridgehead atoms. The Morgan fingerprint density at radius 1 is 1.44 bits per heavy atom. The second-order valence-electron chi connectivity index (χ2n) is 4.30. The van der Waals surface area contributed by atoms with Crippen molar-refractivity contribution < 1.29 is 8.81 Å². The average Bonchev–Trinajstić information content (AvgIpc) is 2.75. The summed E-state index contributed by atoms with van der Waals surface area (Å²) in [5.41, 5.74) is 1.57. The summed E-state index contributed by atoms with van der Waals surface area (Å²) in [6.07, 6.45) is 1.61. The first-order valence-corrected chi connectivity index (χ1v) is 6.49. The van der Waals surface area contributed by atoms with E-state index in [0.717, 1.165) is 11.3 Å². The van der Waals surface area contributed by atoms with Gasteiger partial charge in [0.1, 0.15) is 12.1 Å². The molecule has 3 nitrogen and oxygen atoms in total. The van der Waals surface area contributed by atoms with Crippen molar-refractivity contribution in [1.29, 1.82) is 0 Å². The first-order chi connectivity index (χ1) is 8.56. The first-order valence-electron chi connectivity index (χ1n) is 5.69. The molecule has 18 heavy (non-hydrogen) atoms. The summed E-state index contributed by atoms with van der Waals surface area (Å²) in [5.74, 6) is 0.196. The van der Waals surface area contributed by atoms with E-state index in [0.29, 0.717) is 23.0 Å². The van der Waals surface area contributed by atoms with E-state index in [1.807, 2.05) is 0 Å². The molecule has 1 N–H and O–H groups in total. The number of nitrogens with zero attached hydrogens (tertiary/aromatic N) is 1. The van der Waals surface area contributed by atoms with Gasteiger partial charge in [-0.15, -0.1) is 0 Å². The van der Waals surface area contributed by atoms with Crippen molar-refractivity contribution in [3.63, 3.8) is 0 Å². The zero-order valence-corrected chi connectivity index (χ0v) is 11.8. The standard InChI is InChI=1S/C13H14BrFN2O/c1-8(2)16-6-10-7-18-13(17-10)11-4-3-9(15)5-12(11)14/h3-5,7-8,16H,6H2,1-2H3. The lowest BCUT2D eigenvalue weighted by Crippen LogP contribution is -2.21. The van der Waals surface area contributed by atoms with Crippen LogP contribution in [-0.2, 0) is 6.54 Å². The third-order valence-electron chi connectivity index (χ3n) is 2.40. The van der Waals surface area contributed by atoms with Crippen molar-refractivity contribution in [2.45, 2.75) is 26.4 Å². The van der Waals surface area contributed by atoms with E-state index >= 15 is 0 Å². The van der Waals surface area contributed by atoms with Crippen molar-refractivity contribution in [3.05, 3.63) is 40.4 Å². The number of rotatable bonds is 4. The molecule has 1 aromatic heterocycles. The fraction of sp³-hybridized carbons (Fsp3) is 0.308. The van der Waals surface area contributed by atoms with Crippen LogP contribution in [0.2, 0.25) is 0 Å². The van der Waals surface area contributed by atoms with Crippen molar-refractivity contribution in [1.82, 2.24) is 10.3 Å². The monoisotopic (exact) mass is 312 g/mol. The Morgan fingerprint density at radius 3 is 2.89 bits per heavy atom. The topological polar surface area (TPSA) is 38.1 Å². The summed E-state index contributed by atoms with van der Waals surface area (Å²) >= 11 is 3.30. The van der Waals surface area contributed by atoms with Gasteiger partial charge in [-0.05, 0) is 34.1 Å². The van der Waals surface area contributed by atoms with Gasteiger partial charge in [0.05, 0.1) is 11.3 Å². The molecule has 0 amide bonds. The van der Waals surface area contributed by atoms with E-state index < -0.39 is 0 Å². The maximum atomic E-state index is 13.0. The van der Waals surface area contributed by atoms with E-state index in [9.17, 15) is 4.39 Å². The smallest absolute Gasteiger partial charge is 0.227 e. The van der Waals surface area contributed by atoms with Crippen LogP contribution in [0.25, 0.3) is 11.5 Å². The van der Waals surface area contributed by atoms with Crippen LogP contribution in [0.1, 0.15) is 19.5 Å². The highest BCUT2D eigenvalue weighted by molar-refractivity contribution is 9.10. The normalized spacial score (nSPS) is 11.2. The highest BCUT2D eigenvalue weighted by Gasteiger charge is 2.11. The summed E-state index contributed by atoms with van der Waals surface area (Å²) < 4.78 is 19.0. The fourth-order valence-corrected chi connectivity index (χ4v) is 2.00. The molecule has 0 aliphatic rings. The highest BCUT2D eigenvalue weighted by Crippen LogP contribution is 2.28. The molecule has 2 rings (SSSR count). The quantitative estimate of drug-likeness (QED) is 0.934. The molecule has 2 aromatic rings. The molecule has 1 heterocycles. The summed E-state index contributed by atoms with van der Waals surface area (Å²) in [6.45, 7) is 4.79. The van der Waals surface area contributed by atoms with Crippen molar-refractivity contribution >= 4 is 15.9 Å². The minimum absolute atomic E-state index is 0.293. The molecule has 0 saturated heterocycles. The van der Waals surface area contributed by atoms with Crippen LogP contribution in [-0.4, -0.2) is 11.0 Å². The summed E-state index contributed by atoms with van der Waals surface area (Å²) in [4.78, 5) is 4.36. The van der Waals surface area contributed by atoms with Crippen LogP contribution in [0.15, 0.2) is 33.4 Å². The van der Waals surface area contributed by atoms with Crippen LogP contribution < -0.4 is 5.32 Å². The molecule has 5 heteroatoms. The number of hydrogen-bond donors (Lipinski definition) is 1. The Morgan fingerprint density at radius 2 is 2.22 bits per heavy atom. The third-order valence-corrected chi connectivity index (χ3v) is 3.06. The predicted octanol–water partition coefficient (Wildman–Crippen LogP) is 3.74. The van der Waals surface area contributed by atoms with E-state index in [4.69, 9.17) is 4.42 Å². The van der Waals surface area contributed by atoms with Crippen LogP contribution in [0, 0.1) is 5.82 Å². The van der Waals surface area contributed by atoms with E-state index in [1.54, 1.807) is 12.3 Å². The maximum absolute atomic E-state index is 13.0. The second kappa shape index (κ2) is 5.63. The van der Waals surface area contributed by atoms with Crippen LogP contribution >= 0.6 is 15.9 Å². The third kappa shape index (κ3) is 3.17. The fourth-order valence-electron chi connectivity index (χ4n) is 1.48. The minimum atomic E-state index is -0.293. The van der Waals surface area contributed by atoms with E-state index in [-0.39, 0.29) is 5.82 Å². The highest BCUT2D eigenvalue weighted by atomic mass is 79.9. The Hall–Kier alpha value is -1.20. The summed E-state index contributed by atoms with van der Waals surface area (Å²) in [6, 6.07) is 4.81. The largest absolute Gasteiger partial charge is 0.444 e. The molecule has 0 unspecified atom stereocenters. The van der Waals surface area contributed by atoms with Gasteiger partial charge in [0.25, 0.3) is 0 Å². The summed E-state index contributed by atoms with van der Waals surface area (Å²) in [5, 5.41) is 3.26. The lowest BCUT2D eigenvalue weighted by molar-refractivity contribution is 0.559. The Labute approximate surface area is 114 Å². The first kappa shape index (κ1) is 13.2. The van der Waals surface area contributed by atoms with Crippen molar-refractivity contribution in [2.75, 3.05) is 0 Å². The zero-order valence-electron chi connectivity index (χ0n) is 10.2. The minimum Gasteiger partial charge on any atom is -0.444 e. The second-order valence-corrected chi connectivity index (χ2v) is 5.16. The molecule has 1 aromatic carbocycles. The molecular weight excluding hydrogens is 299 g/mol. The molecule has 0 aliphatic carbocycles. The Kier molecular flexibility index (Phi) is 4.14. The SMILES string of the molecule is CC(C)NCc1coc(-c2ccc(F)cc2Br)n1. The number of aromatic nitrogens is 1. The van der Waals surface area contributed by atoms with Crippen molar-refractivity contribution in [2.24, 2.45) is 0 Å². The van der Waals surface area contributed by atoms with Gasteiger partial charge in [-0.3, -0.25) is 0 Å². The number of halogens is 2. The van der Waals surface area contributed by atoms with Gasteiger partial charge in [-0.2, -0.15) is 0 Å². The van der Waals surface area contributed by atoms with Gasteiger partial charge in [0, 0.05) is 17.1 Å². The molecule has 0 aliphatic heterocycles. The van der Waals surface area contributed by atoms with Crippen LogP contribution in [0.3, 0.4) is 0 Å². The average molecular weight is 313 g/mol. The summed E-state index contributed by atoms with van der Waals surface area (Å²) in [7, 11) is 0. The molecule has 0 spiro atoms. The number of hydrogen-bond acceptors (Lipinski definition) is 3. The number of benzene rings is 1. The van der Waals surface area contributed by atoms with E-state index in [2.05, 4.69) is 40.1 Å². The van der Waals surface area contributed by atoms with Crippen LogP contribution in [0.4, 0.5) is 4.39 Å². The van der Waals surface area contributed by atoms with Gasteiger partial charge < -0.3 is 9.73 Å². The lowest BCUT2D eigenvalue weighted by atomic mass is 10.2. The van der Waals surface area contributed by atoms with Gasteiger partial charge in [0.2, 0.25) is 5.89 Å². The molecule has 0 saturated carbocycles. The number of nitrogens with one attached hydrogen (secondary N) is 1. The molecule has 0 fully saturated rings. The Balaban J connectivity index is 2.18. The maximum Gasteiger partial charge on any atom is 0.227 e. The molecular formula is C13H14BrFN2O. The van der Waals surface area contributed by atoms with Gasteiger partial charge >= 0.3 is 0 Å².